The minimum atomic E-state index is 0.796. The van der Waals surface area contributed by atoms with E-state index in [1.807, 2.05) is 0 Å². The first-order chi connectivity index (χ1) is 9.08. The average Bonchev–Trinajstić information content (AvgIpc) is 2.34. The van der Waals surface area contributed by atoms with E-state index in [2.05, 4.69) is 48.0 Å². The van der Waals surface area contributed by atoms with Gasteiger partial charge in [0.15, 0.2) is 0 Å². The Morgan fingerprint density at radius 1 is 1.00 bits per heavy atom. The van der Waals surface area contributed by atoms with Crippen molar-refractivity contribution >= 4 is 0 Å². The molecule has 1 N–H and O–H groups in total. The fourth-order valence-corrected chi connectivity index (χ4v) is 2.59. The second-order valence-electron chi connectivity index (χ2n) is 6.44. The Morgan fingerprint density at radius 2 is 1.63 bits per heavy atom. The van der Waals surface area contributed by atoms with Gasteiger partial charge in [0, 0.05) is 45.8 Å². The summed E-state index contributed by atoms with van der Waals surface area (Å²) >= 11 is 0. The van der Waals surface area contributed by atoms with Crippen LogP contribution in [0.15, 0.2) is 0 Å². The Kier molecular flexibility index (Phi) is 8.62. The summed E-state index contributed by atoms with van der Waals surface area (Å²) in [4.78, 5) is 7.44. The molecule has 0 saturated carbocycles. The van der Waals surface area contributed by atoms with Crippen molar-refractivity contribution in [1.82, 2.24) is 20.0 Å². The van der Waals surface area contributed by atoms with E-state index < -0.39 is 0 Å². The summed E-state index contributed by atoms with van der Waals surface area (Å²) in [5.74, 6) is 0.796. The molecule has 0 aromatic heterocycles. The average molecular weight is 270 g/mol. The second kappa shape index (κ2) is 9.70. The lowest BCUT2D eigenvalue weighted by Gasteiger charge is -2.35. The van der Waals surface area contributed by atoms with E-state index in [1.165, 1.54) is 52.2 Å². The third-order valence-electron chi connectivity index (χ3n) is 3.65. The maximum absolute atomic E-state index is 3.55. The lowest BCUT2D eigenvalue weighted by Crippen LogP contribution is -2.48. The van der Waals surface area contributed by atoms with Gasteiger partial charge in [-0.1, -0.05) is 13.8 Å². The third-order valence-corrected chi connectivity index (χ3v) is 3.65. The van der Waals surface area contributed by atoms with Gasteiger partial charge in [0.05, 0.1) is 0 Å². The van der Waals surface area contributed by atoms with Gasteiger partial charge in [-0.3, -0.25) is 4.90 Å². The molecule has 0 bridgehead atoms. The monoisotopic (exact) mass is 270 g/mol. The summed E-state index contributed by atoms with van der Waals surface area (Å²) in [7, 11) is 4.27. The molecule has 0 amide bonds. The van der Waals surface area contributed by atoms with Gasteiger partial charge in [-0.2, -0.15) is 0 Å². The number of rotatable bonds is 9. The van der Waals surface area contributed by atoms with Crippen LogP contribution >= 0.6 is 0 Å². The van der Waals surface area contributed by atoms with Gasteiger partial charge < -0.3 is 15.1 Å². The number of hydrogen-bond donors (Lipinski definition) is 1. The first kappa shape index (κ1) is 16.9. The number of hydrogen-bond acceptors (Lipinski definition) is 4. The van der Waals surface area contributed by atoms with Gasteiger partial charge in [0.1, 0.15) is 0 Å². The molecule has 1 fully saturated rings. The number of nitrogens with zero attached hydrogens (tertiary/aromatic N) is 3. The minimum Gasteiger partial charge on any atom is -0.315 e. The van der Waals surface area contributed by atoms with E-state index in [0.29, 0.717) is 0 Å². The Bertz CT molecular complexity index is 210. The Morgan fingerprint density at radius 3 is 2.21 bits per heavy atom. The first-order valence-corrected chi connectivity index (χ1v) is 7.88. The summed E-state index contributed by atoms with van der Waals surface area (Å²) < 4.78 is 0. The van der Waals surface area contributed by atoms with Crippen molar-refractivity contribution in [2.75, 3.05) is 73.0 Å². The molecule has 114 valence electrons. The molecule has 1 rings (SSSR count). The normalized spacial score (nSPS) is 18.6. The molecule has 4 heteroatoms. The molecule has 4 nitrogen and oxygen atoms in total. The van der Waals surface area contributed by atoms with Crippen molar-refractivity contribution in [3.05, 3.63) is 0 Å². The minimum absolute atomic E-state index is 0.796. The number of piperazine rings is 1. The summed E-state index contributed by atoms with van der Waals surface area (Å²) in [5.41, 5.74) is 0. The molecule has 1 aliphatic rings. The van der Waals surface area contributed by atoms with Gasteiger partial charge >= 0.3 is 0 Å². The molecule has 19 heavy (non-hydrogen) atoms. The van der Waals surface area contributed by atoms with Gasteiger partial charge in [0.2, 0.25) is 0 Å². The van der Waals surface area contributed by atoms with Crippen LogP contribution in [0.25, 0.3) is 0 Å². The molecule has 0 aromatic rings. The van der Waals surface area contributed by atoms with Crippen LogP contribution in [-0.2, 0) is 0 Å². The van der Waals surface area contributed by atoms with Crippen molar-refractivity contribution in [3.8, 4) is 0 Å². The van der Waals surface area contributed by atoms with E-state index >= 15 is 0 Å². The van der Waals surface area contributed by atoms with Crippen LogP contribution < -0.4 is 5.32 Å². The van der Waals surface area contributed by atoms with E-state index in [0.717, 1.165) is 19.0 Å². The second-order valence-corrected chi connectivity index (χ2v) is 6.44. The molecule has 1 saturated heterocycles. The predicted octanol–water partition coefficient (Wildman–Crippen LogP) is 0.801. The lowest BCUT2D eigenvalue weighted by molar-refractivity contribution is 0.123. The van der Waals surface area contributed by atoms with Crippen molar-refractivity contribution in [2.45, 2.75) is 20.3 Å². The number of nitrogens with one attached hydrogen (secondary N) is 1. The van der Waals surface area contributed by atoms with Crippen LogP contribution in [0.2, 0.25) is 0 Å². The van der Waals surface area contributed by atoms with Gasteiger partial charge in [-0.05, 0) is 39.5 Å². The fourth-order valence-electron chi connectivity index (χ4n) is 2.59. The highest BCUT2D eigenvalue weighted by molar-refractivity contribution is 4.73. The van der Waals surface area contributed by atoms with Crippen molar-refractivity contribution in [2.24, 2.45) is 5.92 Å². The molecule has 0 atom stereocenters. The smallest absolute Gasteiger partial charge is 0.0110 e. The summed E-state index contributed by atoms with van der Waals surface area (Å²) in [6, 6.07) is 0. The lowest BCUT2D eigenvalue weighted by atomic mass is 10.2. The molecule has 0 aromatic carbocycles. The fraction of sp³-hybridized carbons (Fsp3) is 1.00. The molecule has 0 spiro atoms. The zero-order valence-corrected chi connectivity index (χ0v) is 13.5. The highest BCUT2D eigenvalue weighted by atomic mass is 15.3. The van der Waals surface area contributed by atoms with Crippen LogP contribution in [0.4, 0.5) is 0 Å². The van der Waals surface area contributed by atoms with E-state index in [9.17, 15) is 0 Å². The SMILES string of the molecule is CC(C)CN1CCN(CCNCCCN(C)C)CC1. The Hall–Kier alpha value is -0.160. The maximum Gasteiger partial charge on any atom is 0.0110 e. The summed E-state index contributed by atoms with van der Waals surface area (Å²) in [5, 5.41) is 3.55. The van der Waals surface area contributed by atoms with Crippen molar-refractivity contribution in [1.29, 1.82) is 0 Å². The van der Waals surface area contributed by atoms with E-state index in [1.54, 1.807) is 0 Å². The van der Waals surface area contributed by atoms with Crippen LogP contribution in [-0.4, -0.2) is 87.7 Å². The topological polar surface area (TPSA) is 21.8 Å². The summed E-state index contributed by atoms with van der Waals surface area (Å²) in [6.45, 7) is 15.5. The van der Waals surface area contributed by atoms with Gasteiger partial charge in [-0.15, -0.1) is 0 Å². The maximum atomic E-state index is 3.55. The quantitative estimate of drug-likeness (QED) is 0.626. The van der Waals surface area contributed by atoms with Gasteiger partial charge in [0.25, 0.3) is 0 Å². The van der Waals surface area contributed by atoms with E-state index in [-0.39, 0.29) is 0 Å². The Labute approximate surface area is 120 Å². The third kappa shape index (κ3) is 8.58. The molecule has 0 radical (unpaired) electrons. The predicted molar refractivity (Wildman–Crippen MR) is 83.8 cm³/mol. The molecular formula is C15H34N4. The first-order valence-electron chi connectivity index (χ1n) is 7.88. The zero-order chi connectivity index (χ0) is 14.1. The van der Waals surface area contributed by atoms with Crippen molar-refractivity contribution in [3.63, 3.8) is 0 Å². The highest BCUT2D eigenvalue weighted by Crippen LogP contribution is 2.04. The largest absolute Gasteiger partial charge is 0.315 e. The zero-order valence-electron chi connectivity index (χ0n) is 13.5. The van der Waals surface area contributed by atoms with Crippen LogP contribution in [0.3, 0.4) is 0 Å². The standard InChI is InChI=1S/C15H34N4/c1-15(2)14-19-12-10-18(11-13-19)9-7-16-6-5-8-17(3)4/h15-16H,5-14H2,1-4H3. The molecule has 1 heterocycles. The van der Waals surface area contributed by atoms with Crippen LogP contribution in [0.1, 0.15) is 20.3 Å². The summed E-state index contributed by atoms with van der Waals surface area (Å²) in [6.07, 6.45) is 1.25. The highest BCUT2D eigenvalue weighted by Gasteiger charge is 2.16. The van der Waals surface area contributed by atoms with E-state index in [4.69, 9.17) is 0 Å². The van der Waals surface area contributed by atoms with Crippen LogP contribution in [0, 0.1) is 5.92 Å². The molecule has 1 aliphatic heterocycles. The van der Waals surface area contributed by atoms with Gasteiger partial charge in [-0.25, -0.2) is 0 Å². The molecule has 0 unspecified atom stereocenters. The molecular weight excluding hydrogens is 236 g/mol. The van der Waals surface area contributed by atoms with Crippen molar-refractivity contribution < 1.29 is 0 Å². The van der Waals surface area contributed by atoms with Crippen LogP contribution in [0.5, 0.6) is 0 Å². The molecule has 0 aliphatic carbocycles. The Balaban J connectivity index is 1.95.